The summed E-state index contributed by atoms with van der Waals surface area (Å²) in [7, 11) is 0. The number of hydrogen-bond donors (Lipinski definition) is 1. The maximum atomic E-state index is 5.74. The summed E-state index contributed by atoms with van der Waals surface area (Å²) in [4.78, 5) is 7.98. The maximum Gasteiger partial charge on any atom is 0.166 e. The summed E-state index contributed by atoms with van der Waals surface area (Å²) in [6, 6.07) is 14.5. The quantitative estimate of drug-likeness (QED) is 0.483. The Kier molecular flexibility index (Phi) is 5.23. The molecule has 3 aromatic rings. The molecule has 23 heavy (non-hydrogen) atoms. The molecule has 4 heteroatoms. The van der Waals surface area contributed by atoms with Crippen molar-refractivity contribution in [3.8, 4) is 5.75 Å². The molecule has 0 aliphatic heterocycles. The first kappa shape index (κ1) is 15.9. The highest BCUT2D eigenvalue weighted by Crippen LogP contribution is 2.21. The number of unbranched alkanes of at least 4 members (excludes halogenated alkanes) is 1. The van der Waals surface area contributed by atoms with Crippen LogP contribution in [0.3, 0.4) is 0 Å². The average Bonchev–Trinajstić information content (AvgIpc) is 2.94. The third-order valence-electron chi connectivity index (χ3n) is 3.68. The predicted octanol–water partition coefficient (Wildman–Crippen LogP) is 5.13. The van der Waals surface area contributed by atoms with Crippen molar-refractivity contribution in [1.82, 2.24) is 9.97 Å². The van der Waals surface area contributed by atoms with Crippen LogP contribution in [-0.2, 0) is 0 Å². The SMILES string of the molecule is Cc1ccc(OCCCCSc2nc3ccc(C)cc3[nH]2)cc1. The Hall–Kier alpha value is -1.94. The van der Waals surface area contributed by atoms with Gasteiger partial charge < -0.3 is 9.72 Å². The lowest BCUT2D eigenvalue weighted by Crippen LogP contribution is -1.98. The first-order valence-corrected chi connectivity index (χ1v) is 8.98. The normalized spacial score (nSPS) is 11.0. The van der Waals surface area contributed by atoms with Crippen molar-refractivity contribution in [1.29, 1.82) is 0 Å². The zero-order valence-corrected chi connectivity index (χ0v) is 14.5. The van der Waals surface area contributed by atoms with Crippen LogP contribution in [0.5, 0.6) is 5.75 Å². The first-order valence-electron chi connectivity index (χ1n) is 7.99. The maximum absolute atomic E-state index is 5.74. The topological polar surface area (TPSA) is 37.9 Å². The summed E-state index contributed by atoms with van der Waals surface area (Å²) < 4.78 is 5.74. The Bertz CT molecular complexity index is 765. The standard InChI is InChI=1S/C19H22N2OS/c1-14-5-8-16(9-6-14)22-11-3-4-12-23-19-20-17-10-7-15(2)13-18(17)21-19/h5-10,13H,3-4,11-12H2,1-2H3,(H,20,21). The van der Waals surface area contributed by atoms with E-state index in [0.29, 0.717) is 0 Å². The van der Waals surface area contributed by atoms with E-state index in [-0.39, 0.29) is 0 Å². The van der Waals surface area contributed by atoms with Gasteiger partial charge in [-0.05, 0) is 56.5 Å². The molecule has 0 unspecified atom stereocenters. The molecule has 3 rings (SSSR count). The van der Waals surface area contributed by atoms with E-state index in [1.807, 2.05) is 12.1 Å². The van der Waals surface area contributed by atoms with Gasteiger partial charge in [0, 0.05) is 5.75 Å². The zero-order chi connectivity index (χ0) is 16.1. The summed E-state index contributed by atoms with van der Waals surface area (Å²) in [5, 5.41) is 1.00. The van der Waals surface area contributed by atoms with E-state index in [1.54, 1.807) is 11.8 Å². The monoisotopic (exact) mass is 326 g/mol. The third kappa shape index (κ3) is 4.52. The van der Waals surface area contributed by atoms with E-state index < -0.39 is 0 Å². The minimum Gasteiger partial charge on any atom is -0.494 e. The minimum absolute atomic E-state index is 0.767. The molecule has 0 aliphatic rings. The molecular weight excluding hydrogens is 304 g/mol. The first-order chi connectivity index (χ1) is 11.2. The van der Waals surface area contributed by atoms with Gasteiger partial charge in [-0.15, -0.1) is 0 Å². The molecule has 1 heterocycles. The highest BCUT2D eigenvalue weighted by molar-refractivity contribution is 7.99. The number of aromatic nitrogens is 2. The predicted molar refractivity (Wildman–Crippen MR) is 97.5 cm³/mol. The number of imidazole rings is 1. The number of rotatable bonds is 7. The molecule has 120 valence electrons. The van der Waals surface area contributed by atoms with Crippen LogP contribution in [0.4, 0.5) is 0 Å². The van der Waals surface area contributed by atoms with Gasteiger partial charge in [0.1, 0.15) is 5.75 Å². The van der Waals surface area contributed by atoms with E-state index in [9.17, 15) is 0 Å². The molecule has 2 aromatic carbocycles. The Balaban J connectivity index is 1.38. The largest absolute Gasteiger partial charge is 0.494 e. The lowest BCUT2D eigenvalue weighted by Gasteiger charge is -2.05. The van der Waals surface area contributed by atoms with Gasteiger partial charge in [-0.3, -0.25) is 0 Å². The van der Waals surface area contributed by atoms with Crippen LogP contribution in [0, 0.1) is 13.8 Å². The van der Waals surface area contributed by atoms with Crippen molar-refractivity contribution in [2.45, 2.75) is 31.8 Å². The highest BCUT2D eigenvalue weighted by atomic mass is 32.2. The summed E-state index contributed by atoms with van der Waals surface area (Å²) in [6.45, 7) is 4.95. The van der Waals surface area contributed by atoms with Crippen LogP contribution in [0.1, 0.15) is 24.0 Å². The smallest absolute Gasteiger partial charge is 0.166 e. The fourth-order valence-electron chi connectivity index (χ4n) is 2.37. The number of hydrogen-bond acceptors (Lipinski definition) is 3. The van der Waals surface area contributed by atoms with Crippen LogP contribution in [0.2, 0.25) is 0 Å². The van der Waals surface area contributed by atoms with Crippen molar-refractivity contribution in [3.63, 3.8) is 0 Å². The Labute approximate surface area is 141 Å². The molecule has 0 amide bonds. The second kappa shape index (κ2) is 7.55. The number of aromatic amines is 1. The molecule has 0 radical (unpaired) electrons. The summed E-state index contributed by atoms with van der Waals surface area (Å²) in [5.41, 5.74) is 4.68. The van der Waals surface area contributed by atoms with Gasteiger partial charge in [0.05, 0.1) is 17.6 Å². The van der Waals surface area contributed by atoms with Crippen LogP contribution < -0.4 is 4.74 Å². The van der Waals surface area contributed by atoms with Crippen molar-refractivity contribution in [3.05, 3.63) is 53.6 Å². The number of thioether (sulfide) groups is 1. The fraction of sp³-hybridized carbons (Fsp3) is 0.316. The van der Waals surface area contributed by atoms with Crippen LogP contribution >= 0.6 is 11.8 Å². The van der Waals surface area contributed by atoms with Gasteiger partial charge >= 0.3 is 0 Å². The second-order valence-corrected chi connectivity index (χ2v) is 6.86. The number of fused-ring (bicyclic) bond motifs is 1. The Morgan fingerprint density at radius 3 is 2.61 bits per heavy atom. The van der Waals surface area contributed by atoms with Gasteiger partial charge in [0.15, 0.2) is 5.16 Å². The second-order valence-electron chi connectivity index (χ2n) is 5.78. The van der Waals surface area contributed by atoms with E-state index in [0.717, 1.165) is 47.1 Å². The van der Waals surface area contributed by atoms with Crippen molar-refractivity contribution >= 4 is 22.8 Å². The minimum atomic E-state index is 0.767. The number of nitrogens with zero attached hydrogens (tertiary/aromatic N) is 1. The fourth-order valence-corrected chi connectivity index (χ4v) is 3.25. The average molecular weight is 326 g/mol. The van der Waals surface area contributed by atoms with Crippen molar-refractivity contribution < 1.29 is 4.74 Å². The molecule has 0 spiro atoms. The van der Waals surface area contributed by atoms with E-state index in [1.165, 1.54) is 11.1 Å². The molecular formula is C19H22N2OS. The zero-order valence-electron chi connectivity index (χ0n) is 13.6. The number of ether oxygens (including phenoxy) is 1. The lowest BCUT2D eigenvalue weighted by atomic mass is 10.2. The molecule has 0 saturated carbocycles. The van der Waals surface area contributed by atoms with E-state index in [4.69, 9.17) is 4.74 Å². The lowest BCUT2D eigenvalue weighted by molar-refractivity contribution is 0.310. The van der Waals surface area contributed by atoms with Gasteiger partial charge in [-0.1, -0.05) is 35.5 Å². The summed E-state index contributed by atoms with van der Waals surface area (Å²) >= 11 is 1.78. The van der Waals surface area contributed by atoms with Crippen molar-refractivity contribution in [2.24, 2.45) is 0 Å². The number of aryl methyl sites for hydroxylation is 2. The molecule has 1 aromatic heterocycles. The van der Waals surface area contributed by atoms with Gasteiger partial charge in [-0.2, -0.15) is 0 Å². The van der Waals surface area contributed by atoms with Gasteiger partial charge in [0.2, 0.25) is 0 Å². The number of benzene rings is 2. The van der Waals surface area contributed by atoms with Crippen molar-refractivity contribution in [2.75, 3.05) is 12.4 Å². The highest BCUT2D eigenvalue weighted by Gasteiger charge is 2.03. The Morgan fingerprint density at radius 1 is 1.00 bits per heavy atom. The molecule has 0 saturated heterocycles. The molecule has 0 bridgehead atoms. The van der Waals surface area contributed by atoms with Crippen LogP contribution in [0.15, 0.2) is 47.6 Å². The molecule has 0 aliphatic carbocycles. The third-order valence-corrected chi connectivity index (χ3v) is 4.64. The van der Waals surface area contributed by atoms with Crippen LogP contribution in [0.25, 0.3) is 11.0 Å². The number of H-pyrrole nitrogens is 1. The van der Waals surface area contributed by atoms with E-state index in [2.05, 4.69) is 54.1 Å². The summed E-state index contributed by atoms with van der Waals surface area (Å²) in [5.74, 6) is 2.01. The van der Waals surface area contributed by atoms with Crippen LogP contribution in [-0.4, -0.2) is 22.3 Å². The molecule has 0 atom stereocenters. The molecule has 3 nitrogen and oxygen atoms in total. The molecule has 0 fully saturated rings. The Morgan fingerprint density at radius 2 is 1.78 bits per heavy atom. The van der Waals surface area contributed by atoms with E-state index >= 15 is 0 Å². The number of nitrogens with one attached hydrogen (secondary N) is 1. The molecule has 1 N–H and O–H groups in total. The van der Waals surface area contributed by atoms with Gasteiger partial charge in [0.25, 0.3) is 0 Å². The van der Waals surface area contributed by atoms with Gasteiger partial charge in [-0.25, -0.2) is 4.98 Å². The summed E-state index contributed by atoms with van der Waals surface area (Å²) in [6.07, 6.45) is 2.17.